The Hall–Kier alpha value is -3.56. The fourth-order valence-electron chi connectivity index (χ4n) is 3.59. The van der Waals surface area contributed by atoms with E-state index in [9.17, 15) is 8.42 Å². The first-order valence-electron chi connectivity index (χ1n) is 9.81. The summed E-state index contributed by atoms with van der Waals surface area (Å²) in [6.45, 7) is 0. The van der Waals surface area contributed by atoms with Crippen molar-refractivity contribution in [2.24, 2.45) is 0 Å². The summed E-state index contributed by atoms with van der Waals surface area (Å²) in [4.78, 5) is 9.64. The molecule has 3 heterocycles. The lowest BCUT2D eigenvalue weighted by atomic mass is 9.99. The number of anilines is 1. The number of fused-ring (bicyclic) bond motifs is 1. The lowest BCUT2D eigenvalue weighted by Crippen LogP contribution is -1.92. The van der Waals surface area contributed by atoms with E-state index in [1.54, 1.807) is 12.1 Å². The summed E-state index contributed by atoms with van der Waals surface area (Å²) >= 11 is 1.21. The molecule has 5 aromatic rings. The van der Waals surface area contributed by atoms with E-state index in [0.29, 0.717) is 9.90 Å². The zero-order chi connectivity index (χ0) is 22.3. The minimum Gasteiger partial charge on any atom is -0.388 e. The van der Waals surface area contributed by atoms with Crippen molar-refractivity contribution in [3.8, 4) is 33.0 Å². The Kier molecular flexibility index (Phi) is 4.99. The van der Waals surface area contributed by atoms with Gasteiger partial charge in [0.25, 0.3) is 0 Å². The molecule has 2 aromatic carbocycles. The van der Waals surface area contributed by atoms with Crippen molar-refractivity contribution < 1.29 is 8.42 Å². The van der Waals surface area contributed by atoms with Gasteiger partial charge >= 0.3 is 0 Å². The van der Waals surface area contributed by atoms with E-state index in [2.05, 4.69) is 25.5 Å². The van der Waals surface area contributed by atoms with Gasteiger partial charge in [-0.05, 0) is 42.0 Å². The van der Waals surface area contributed by atoms with Crippen molar-refractivity contribution in [1.29, 1.82) is 0 Å². The van der Waals surface area contributed by atoms with Crippen LogP contribution in [0.15, 0.2) is 71.3 Å². The normalized spacial score (nSPS) is 11.7. The minimum atomic E-state index is -3.27. The van der Waals surface area contributed by atoms with Gasteiger partial charge in [0.2, 0.25) is 0 Å². The highest BCUT2D eigenvalue weighted by Crippen LogP contribution is 2.36. The van der Waals surface area contributed by atoms with Crippen molar-refractivity contribution in [3.05, 3.63) is 67.1 Å². The van der Waals surface area contributed by atoms with E-state index >= 15 is 0 Å². The van der Waals surface area contributed by atoms with Gasteiger partial charge in [-0.15, -0.1) is 11.3 Å². The van der Waals surface area contributed by atoms with Crippen LogP contribution in [0.5, 0.6) is 0 Å². The molecule has 0 spiro atoms. The number of hydrogen-bond donors (Lipinski definition) is 2. The average Bonchev–Trinajstić information content (AvgIpc) is 3.48. The van der Waals surface area contributed by atoms with E-state index in [1.807, 2.05) is 55.7 Å². The Morgan fingerprint density at radius 2 is 1.72 bits per heavy atom. The smallest absolute Gasteiger partial charge is 0.184 e. The van der Waals surface area contributed by atoms with Crippen molar-refractivity contribution in [3.63, 3.8) is 0 Å². The number of H-pyrrole nitrogens is 1. The molecule has 0 bridgehead atoms. The zero-order valence-electron chi connectivity index (χ0n) is 17.3. The van der Waals surface area contributed by atoms with Crippen LogP contribution < -0.4 is 5.32 Å². The molecule has 32 heavy (non-hydrogen) atoms. The second-order valence-electron chi connectivity index (χ2n) is 7.32. The quantitative estimate of drug-likeness (QED) is 0.388. The molecular formula is C23H19N5O2S2. The summed E-state index contributed by atoms with van der Waals surface area (Å²) in [6, 6.07) is 17.5. The van der Waals surface area contributed by atoms with Crippen LogP contribution in [0.1, 0.15) is 0 Å². The number of benzene rings is 2. The number of sulfone groups is 1. The first-order valence-corrected chi connectivity index (χ1v) is 12.5. The molecule has 3 aromatic heterocycles. The highest BCUT2D eigenvalue weighted by molar-refractivity contribution is 7.92. The van der Waals surface area contributed by atoms with Crippen LogP contribution in [-0.4, -0.2) is 41.9 Å². The summed E-state index contributed by atoms with van der Waals surface area (Å²) in [6.07, 6.45) is 4.59. The Balaban J connectivity index is 1.63. The summed E-state index contributed by atoms with van der Waals surface area (Å²) < 4.78 is 24.2. The lowest BCUT2D eigenvalue weighted by molar-refractivity contribution is 0.604. The average molecular weight is 462 g/mol. The lowest BCUT2D eigenvalue weighted by Gasteiger charge is -2.08. The van der Waals surface area contributed by atoms with Gasteiger partial charge in [0.15, 0.2) is 9.84 Å². The van der Waals surface area contributed by atoms with Gasteiger partial charge in [0, 0.05) is 41.7 Å². The number of nitrogens with one attached hydrogen (secondary N) is 2. The molecule has 0 aliphatic heterocycles. The Bertz CT molecular complexity index is 1540. The van der Waals surface area contributed by atoms with E-state index < -0.39 is 9.84 Å². The van der Waals surface area contributed by atoms with Crippen LogP contribution in [0.2, 0.25) is 0 Å². The molecule has 9 heteroatoms. The number of aromatic amines is 1. The standard InChI is InChI=1S/C23H19N5O2S2/c1-24-16-6-3-14(4-7-16)22-18(12-27-28-22)15-5-8-19-17(11-15)23(26-13-25-19)20-9-10-21(31-20)32(2,29)30/h3-13,24H,1-2H3,(H,27,28). The Morgan fingerprint density at radius 3 is 2.44 bits per heavy atom. The molecule has 0 radical (unpaired) electrons. The fourth-order valence-corrected chi connectivity index (χ4v) is 5.53. The first kappa shape index (κ1) is 20.3. The van der Waals surface area contributed by atoms with Crippen molar-refractivity contribution >= 4 is 37.8 Å². The first-order chi connectivity index (χ1) is 15.4. The number of hydrogen-bond acceptors (Lipinski definition) is 7. The molecule has 0 amide bonds. The maximum atomic E-state index is 11.9. The van der Waals surface area contributed by atoms with Gasteiger partial charge < -0.3 is 5.32 Å². The molecule has 0 atom stereocenters. The van der Waals surface area contributed by atoms with Gasteiger partial charge in [-0.2, -0.15) is 5.10 Å². The van der Waals surface area contributed by atoms with Gasteiger partial charge in [-0.3, -0.25) is 5.10 Å². The van der Waals surface area contributed by atoms with Gasteiger partial charge in [-0.25, -0.2) is 18.4 Å². The van der Waals surface area contributed by atoms with Crippen molar-refractivity contribution in [1.82, 2.24) is 20.2 Å². The van der Waals surface area contributed by atoms with Gasteiger partial charge in [0.05, 0.1) is 21.8 Å². The maximum absolute atomic E-state index is 11.9. The predicted molar refractivity (Wildman–Crippen MR) is 129 cm³/mol. The second kappa shape index (κ2) is 7.85. The summed E-state index contributed by atoms with van der Waals surface area (Å²) in [7, 11) is -1.38. The summed E-state index contributed by atoms with van der Waals surface area (Å²) in [5.74, 6) is 0. The number of thiophene rings is 1. The third kappa shape index (κ3) is 3.65. The highest BCUT2D eigenvalue weighted by atomic mass is 32.2. The number of aromatic nitrogens is 4. The topological polar surface area (TPSA) is 101 Å². The Labute approximate surface area is 189 Å². The number of rotatable bonds is 5. The summed E-state index contributed by atoms with van der Waals surface area (Å²) in [5, 5.41) is 11.4. The maximum Gasteiger partial charge on any atom is 0.184 e. The summed E-state index contributed by atoms with van der Waals surface area (Å²) in [5.41, 5.74) is 6.30. The van der Waals surface area contributed by atoms with E-state index in [0.717, 1.165) is 43.9 Å². The van der Waals surface area contributed by atoms with Crippen LogP contribution in [-0.2, 0) is 9.84 Å². The molecule has 0 saturated heterocycles. The monoisotopic (exact) mass is 461 g/mol. The molecule has 0 saturated carbocycles. The second-order valence-corrected chi connectivity index (χ2v) is 10.6. The Morgan fingerprint density at radius 1 is 0.938 bits per heavy atom. The van der Waals surface area contributed by atoms with E-state index in [4.69, 9.17) is 0 Å². The molecule has 5 rings (SSSR count). The molecule has 0 unspecified atom stereocenters. The molecule has 160 valence electrons. The van der Waals surface area contributed by atoms with Crippen molar-refractivity contribution in [2.45, 2.75) is 4.21 Å². The van der Waals surface area contributed by atoms with E-state index in [1.165, 1.54) is 23.9 Å². The highest BCUT2D eigenvalue weighted by Gasteiger charge is 2.16. The van der Waals surface area contributed by atoms with Gasteiger partial charge in [0.1, 0.15) is 10.5 Å². The van der Waals surface area contributed by atoms with Crippen molar-refractivity contribution in [2.75, 3.05) is 18.6 Å². The predicted octanol–water partition coefficient (Wildman–Crippen LogP) is 4.86. The van der Waals surface area contributed by atoms with Crippen LogP contribution in [0.4, 0.5) is 5.69 Å². The minimum absolute atomic E-state index is 0.317. The van der Waals surface area contributed by atoms with Crippen LogP contribution in [0.25, 0.3) is 43.9 Å². The zero-order valence-corrected chi connectivity index (χ0v) is 19.0. The molecular weight excluding hydrogens is 442 g/mol. The molecule has 2 N–H and O–H groups in total. The fraction of sp³-hybridized carbons (Fsp3) is 0.0870. The van der Waals surface area contributed by atoms with E-state index in [-0.39, 0.29) is 0 Å². The molecule has 7 nitrogen and oxygen atoms in total. The number of nitrogens with zero attached hydrogens (tertiary/aromatic N) is 3. The third-order valence-corrected chi connectivity index (χ3v) is 8.13. The van der Waals surface area contributed by atoms with Crippen LogP contribution in [0, 0.1) is 0 Å². The van der Waals surface area contributed by atoms with Gasteiger partial charge in [-0.1, -0.05) is 18.2 Å². The molecule has 0 fully saturated rings. The molecule has 0 aliphatic rings. The van der Waals surface area contributed by atoms with Crippen LogP contribution in [0.3, 0.4) is 0 Å². The largest absolute Gasteiger partial charge is 0.388 e. The third-order valence-electron chi connectivity index (χ3n) is 5.21. The van der Waals surface area contributed by atoms with Crippen LogP contribution >= 0.6 is 11.3 Å². The SMILES string of the molecule is CNc1ccc(-c2n[nH]cc2-c2ccc3ncnc(-c4ccc(S(C)(=O)=O)s4)c3c2)cc1. The molecule has 0 aliphatic carbocycles.